The van der Waals surface area contributed by atoms with E-state index in [1.54, 1.807) is 13.8 Å². The molecule has 0 unspecified atom stereocenters. The molecule has 110 valence electrons. The average molecular weight is 283 g/mol. The molecule has 0 aromatic heterocycles. The van der Waals surface area contributed by atoms with Gasteiger partial charge in [0.25, 0.3) is 0 Å². The van der Waals surface area contributed by atoms with E-state index in [0.29, 0.717) is 0 Å². The van der Waals surface area contributed by atoms with Crippen LogP contribution in [0.5, 0.6) is 0 Å². The molecule has 3 heteroatoms. The summed E-state index contributed by atoms with van der Waals surface area (Å²) in [5.41, 5.74) is 1.21. The number of carboxylic acid groups (broad SMARTS) is 1. The van der Waals surface area contributed by atoms with Crippen LogP contribution >= 0.6 is 0 Å². The maximum atomic E-state index is 11.6. The minimum Gasteiger partial charge on any atom is -0.480 e. The lowest BCUT2D eigenvalue weighted by Crippen LogP contribution is -2.49. The van der Waals surface area contributed by atoms with Crippen molar-refractivity contribution in [2.45, 2.75) is 25.4 Å². The third-order valence-electron chi connectivity index (χ3n) is 4.02. The summed E-state index contributed by atoms with van der Waals surface area (Å²) in [4.78, 5) is 13.5. The van der Waals surface area contributed by atoms with Crippen LogP contribution in [0.4, 0.5) is 0 Å². The zero-order valence-electron chi connectivity index (χ0n) is 12.7. The number of rotatable bonds is 5. The van der Waals surface area contributed by atoms with Crippen molar-refractivity contribution < 1.29 is 9.90 Å². The van der Waals surface area contributed by atoms with E-state index in [-0.39, 0.29) is 6.04 Å². The lowest BCUT2D eigenvalue weighted by atomic mass is 9.92. The molecule has 21 heavy (non-hydrogen) atoms. The SMILES string of the molecule is CN(C(c1ccccc1)c1ccccc1)C(C)(C)C(=O)O. The van der Waals surface area contributed by atoms with Crippen LogP contribution in [0.1, 0.15) is 31.0 Å². The van der Waals surface area contributed by atoms with Crippen molar-refractivity contribution in [2.75, 3.05) is 7.05 Å². The summed E-state index contributed by atoms with van der Waals surface area (Å²) in [6.45, 7) is 3.46. The van der Waals surface area contributed by atoms with Crippen LogP contribution in [-0.2, 0) is 4.79 Å². The van der Waals surface area contributed by atoms with Crippen molar-refractivity contribution in [3.05, 3.63) is 71.8 Å². The number of carbonyl (C=O) groups is 1. The van der Waals surface area contributed by atoms with E-state index < -0.39 is 11.5 Å². The first kappa shape index (κ1) is 15.3. The largest absolute Gasteiger partial charge is 0.480 e. The van der Waals surface area contributed by atoms with Gasteiger partial charge in [0.2, 0.25) is 0 Å². The third-order valence-corrected chi connectivity index (χ3v) is 4.02. The fourth-order valence-corrected chi connectivity index (χ4v) is 2.38. The highest BCUT2D eigenvalue weighted by Gasteiger charge is 2.37. The first-order valence-electron chi connectivity index (χ1n) is 7.01. The number of hydrogen-bond donors (Lipinski definition) is 1. The van der Waals surface area contributed by atoms with Gasteiger partial charge < -0.3 is 5.11 Å². The first-order valence-corrected chi connectivity index (χ1v) is 7.01. The molecular weight excluding hydrogens is 262 g/mol. The molecule has 2 aromatic carbocycles. The Bertz CT molecular complexity index is 554. The summed E-state index contributed by atoms with van der Waals surface area (Å²) in [5, 5.41) is 9.51. The highest BCUT2D eigenvalue weighted by Crippen LogP contribution is 2.32. The Balaban J connectivity index is 2.50. The quantitative estimate of drug-likeness (QED) is 0.912. The summed E-state index contributed by atoms with van der Waals surface area (Å²) >= 11 is 0. The van der Waals surface area contributed by atoms with E-state index in [9.17, 15) is 9.90 Å². The van der Waals surface area contributed by atoms with Gasteiger partial charge in [-0.2, -0.15) is 0 Å². The number of carboxylic acids is 1. The molecule has 0 fully saturated rings. The lowest BCUT2D eigenvalue weighted by molar-refractivity contribution is -0.149. The molecule has 0 atom stereocenters. The molecule has 0 bridgehead atoms. The fraction of sp³-hybridized carbons (Fsp3) is 0.278. The van der Waals surface area contributed by atoms with Crippen molar-refractivity contribution in [2.24, 2.45) is 0 Å². The van der Waals surface area contributed by atoms with Gasteiger partial charge in [-0.15, -0.1) is 0 Å². The van der Waals surface area contributed by atoms with Crippen LogP contribution in [-0.4, -0.2) is 28.6 Å². The Kier molecular flexibility index (Phi) is 4.43. The van der Waals surface area contributed by atoms with Gasteiger partial charge in [-0.3, -0.25) is 9.69 Å². The topological polar surface area (TPSA) is 40.5 Å². The highest BCUT2D eigenvalue weighted by atomic mass is 16.4. The van der Waals surface area contributed by atoms with Crippen LogP contribution < -0.4 is 0 Å². The summed E-state index contributed by atoms with van der Waals surface area (Å²) in [6.07, 6.45) is 0. The van der Waals surface area contributed by atoms with Gasteiger partial charge >= 0.3 is 5.97 Å². The highest BCUT2D eigenvalue weighted by molar-refractivity contribution is 5.77. The standard InChI is InChI=1S/C18H21NO2/c1-18(2,17(20)21)19(3)16(14-10-6-4-7-11-14)15-12-8-5-9-13-15/h4-13,16H,1-3H3,(H,20,21). The summed E-state index contributed by atoms with van der Waals surface area (Å²) in [6, 6.07) is 19.9. The van der Waals surface area contributed by atoms with Crippen molar-refractivity contribution >= 4 is 5.97 Å². The van der Waals surface area contributed by atoms with E-state index >= 15 is 0 Å². The molecule has 0 radical (unpaired) electrons. The summed E-state index contributed by atoms with van der Waals surface area (Å²) in [5.74, 6) is -0.832. The van der Waals surface area contributed by atoms with Crippen LogP contribution in [0.25, 0.3) is 0 Å². The van der Waals surface area contributed by atoms with Gasteiger partial charge in [-0.25, -0.2) is 0 Å². The molecule has 0 amide bonds. The monoisotopic (exact) mass is 283 g/mol. The molecule has 0 saturated carbocycles. The Labute approximate surface area is 125 Å². The maximum Gasteiger partial charge on any atom is 0.323 e. The Morgan fingerprint density at radius 2 is 1.33 bits per heavy atom. The predicted octanol–water partition coefficient (Wildman–Crippen LogP) is 3.57. The van der Waals surface area contributed by atoms with E-state index in [1.165, 1.54) is 0 Å². The van der Waals surface area contributed by atoms with Gasteiger partial charge in [-0.05, 0) is 32.0 Å². The van der Waals surface area contributed by atoms with Gasteiger partial charge in [-0.1, -0.05) is 60.7 Å². The normalized spacial score (nSPS) is 11.9. The Morgan fingerprint density at radius 1 is 0.952 bits per heavy atom. The molecule has 1 N–H and O–H groups in total. The average Bonchev–Trinajstić information content (AvgIpc) is 2.49. The predicted molar refractivity (Wildman–Crippen MR) is 84.2 cm³/mol. The minimum absolute atomic E-state index is 0.0986. The molecule has 2 rings (SSSR count). The van der Waals surface area contributed by atoms with Crippen molar-refractivity contribution in [3.8, 4) is 0 Å². The van der Waals surface area contributed by atoms with Gasteiger partial charge in [0.05, 0.1) is 6.04 Å². The van der Waals surface area contributed by atoms with Crippen LogP contribution in [0.15, 0.2) is 60.7 Å². The number of likely N-dealkylation sites (N-methyl/N-ethyl adjacent to an activating group) is 1. The molecule has 0 saturated heterocycles. The van der Waals surface area contributed by atoms with E-state index in [1.807, 2.05) is 72.6 Å². The number of aliphatic carboxylic acids is 1. The van der Waals surface area contributed by atoms with Crippen LogP contribution in [0, 0.1) is 0 Å². The van der Waals surface area contributed by atoms with Gasteiger partial charge in [0.1, 0.15) is 5.54 Å². The zero-order valence-corrected chi connectivity index (χ0v) is 12.7. The first-order chi connectivity index (χ1) is 9.94. The zero-order chi connectivity index (χ0) is 15.5. The smallest absolute Gasteiger partial charge is 0.323 e. The van der Waals surface area contributed by atoms with Crippen molar-refractivity contribution in [3.63, 3.8) is 0 Å². The lowest BCUT2D eigenvalue weighted by Gasteiger charge is -2.38. The summed E-state index contributed by atoms with van der Waals surface area (Å²) < 4.78 is 0. The molecule has 2 aromatic rings. The Morgan fingerprint density at radius 3 is 1.67 bits per heavy atom. The number of nitrogens with zero attached hydrogens (tertiary/aromatic N) is 1. The molecule has 0 heterocycles. The third kappa shape index (κ3) is 3.14. The van der Waals surface area contributed by atoms with Gasteiger partial charge in [0, 0.05) is 0 Å². The molecule has 0 aliphatic carbocycles. The van der Waals surface area contributed by atoms with E-state index in [2.05, 4.69) is 0 Å². The van der Waals surface area contributed by atoms with Crippen molar-refractivity contribution in [1.82, 2.24) is 4.90 Å². The second kappa shape index (κ2) is 6.10. The second-order valence-corrected chi connectivity index (χ2v) is 5.70. The van der Waals surface area contributed by atoms with Crippen LogP contribution in [0.2, 0.25) is 0 Å². The molecule has 0 aliphatic rings. The molecular formula is C18H21NO2. The maximum absolute atomic E-state index is 11.6. The van der Waals surface area contributed by atoms with E-state index in [4.69, 9.17) is 0 Å². The number of benzene rings is 2. The Hall–Kier alpha value is -2.13. The number of hydrogen-bond acceptors (Lipinski definition) is 2. The minimum atomic E-state index is -0.962. The van der Waals surface area contributed by atoms with Crippen LogP contribution in [0.3, 0.4) is 0 Å². The van der Waals surface area contributed by atoms with Gasteiger partial charge in [0.15, 0.2) is 0 Å². The fourth-order valence-electron chi connectivity index (χ4n) is 2.38. The molecule has 0 spiro atoms. The van der Waals surface area contributed by atoms with Crippen molar-refractivity contribution in [1.29, 1.82) is 0 Å². The second-order valence-electron chi connectivity index (χ2n) is 5.70. The molecule has 3 nitrogen and oxygen atoms in total. The van der Waals surface area contributed by atoms with E-state index in [0.717, 1.165) is 11.1 Å². The summed E-state index contributed by atoms with van der Waals surface area (Å²) in [7, 11) is 1.86. The molecule has 0 aliphatic heterocycles.